The lowest BCUT2D eigenvalue weighted by molar-refractivity contribution is -0.0496. The Labute approximate surface area is 157 Å². The molecule has 27 heavy (non-hydrogen) atoms. The van der Waals surface area contributed by atoms with Crippen molar-refractivity contribution in [3.05, 3.63) is 60.2 Å². The monoisotopic (exact) mass is 369 g/mol. The summed E-state index contributed by atoms with van der Waals surface area (Å²) in [5.41, 5.74) is 5.23. The number of rotatable bonds is 3. The average molecular weight is 369 g/mol. The van der Waals surface area contributed by atoms with Gasteiger partial charge in [-0.15, -0.1) is 0 Å². The van der Waals surface area contributed by atoms with Gasteiger partial charge in [0, 0.05) is 16.8 Å². The Kier molecular flexibility index (Phi) is 3.98. The topological polar surface area (TPSA) is 30.5 Å². The van der Waals surface area contributed by atoms with Gasteiger partial charge in [-0.05, 0) is 56.2 Å². The molecule has 0 radical (unpaired) electrons. The fourth-order valence-electron chi connectivity index (χ4n) is 4.09. The fourth-order valence-corrected chi connectivity index (χ4v) is 4.09. The smallest absolute Gasteiger partial charge is 0.387 e. The molecule has 4 rings (SSSR count). The molecule has 1 atom stereocenters. The first kappa shape index (κ1) is 17.6. The number of anilines is 1. The molecular weight excluding hydrogens is 348 g/mol. The Morgan fingerprint density at radius 1 is 1.22 bits per heavy atom. The van der Waals surface area contributed by atoms with Crippen LogP contribution in [-0.2, 0) is 0 Å². The minimum absolute atomic E-state index is 0.108. The third-order valence-corrected chi connectivity index (χ3v) is 4.90. The predicted molar refractivity (Wildman–Crippen MR) is 103 cm³/mol. The van der Waals surface area contributed by atoms with Gasteiger partial charge in [0.1, 0.15) is 17.6 Å². The summed E-state index contributed by atoms with van der Waals surface area (Å²) < 4.78 is 36.7. The van der Waals surface area contributed by atoms with Gasteiger partial charge in [-0.25, -0.2) is 0 Å². The summed E-state index contributed by atoms with van der Waals surface area (Å²) in [5.74, 6) is 0.619. The van der Waals surface area contributed by atoms with Gasteiger partial charge >= 0.3 is 6.61 Å². The standard InChI is InChI=1S/C22H21F2NO2/c1-5-15-20-13(9-10-14-18(20)12(2)11-22(3,4)25-14)19-16(26-15)7-6-8-17(19)27-21(23)24/h5-11,15,21,25H,1H2,2-4H3. The van der Waals surface area contributed by atoms with Crippen LogP contribution in [0, 0.1) is 0 Å². The van der Waals surface area contributed by atoms with Crippen LogP contribution >= 0.6 is 0 Å². The summed E-state index contributed by atoms with van der Waals surface area (Å²) >= 11 is 0. The molecule has 0 amide bonds. The van der Waals surface area contributed by atoms with E-state index in [4.69, 9.17) is 9.47 Å². The first-order valence-electron chi connectivity index (χ1n) is 8.83. The number of benzene rings is 2. The maximum Gasteiger partial charge on any atom is 0.387 e. The van der Waals surface area contributed by atoms with Gasteiger partial charge in [0.2, 0.25) is 0 Å². The molecule has 0 aromatic heterocycles. The number of hydrogen-bond donors (Lipinski definition) is 1. The summed E-state index contributed by atoms with van der Waals surface area (Å²) in [6.45, 7) is 7.27. The lowest BCUT2D eigenvalue weighted by Crippen LogP contribution is -2.32. The van der Waals surface area contributed by atoms with Crippen LogP contribution in [0.15, 0.2) is 49.1 Å². The van der Waals surface area contributed by atoms with Crippen molar-refractivity contribution in [3.8, 4) is 22.6 Å². The molecule has 0 fully saturated rings. The van der Waals surface area contributed by atoms with Gasteiger partial charge in [-0.1, -0.05) is 24.8 Å². The molecule has 1 N–H and O–H groups in total. The Hall–Kier alpha value is -2.82. The van der Waals surface area contributed by atoms with Crippen molar-refractivity contribution in [2.45, 2.75) is 39.0 Å². The van der Waals surface area contributed by atoms with Gasteiger partial charge in [0.25, 0.3) is 0 Å². The molecule has 0 bridgehead atoms. The van der Waals surface area contributed by atoms with E-state index in [1.54, 1.807) is 18.2 Å². The van der Waals surface area contributed by atoms with E-state index in [9.17, 15) is 8.78 Å². The number of alkyl halides is 2. The van der Waals surface area contributed by atoms with E-state index in [0.717, 1.165) is 28.0 Å². The number of nitrogens with one attached hydrogen (secondary N) is 1. The number of halogens is 2. The minimum atomic E-state index is -2.90. The van der Waals surface area contributed by atoms with E-state index in [-0.39, 0.29) is 17.4 Å². The number of ether oxygens (including phenoxy) is 2. The van der Waals surface area contributed by atoms with Crippen molar-refractivity contribution >= 4 is 11.3 Å². The van der Waals surface area contributed by atoms with Gasteiger partial charge in [-0.3, -0.25) is 0 Å². The van der Waals surface area contributed by atoms with Crippen LogP contribution in [0.3, 0.4) is 0 Å². The highest BCUT2D eigenvalue weighted by molar-refractivity contribution is 5.91. The zero-order valence-corrected chi connectivity index (χ0v) is 15.5. The zero-order chi connectivity index (χ0) is 19.3. The van der Waals surface area contributed by atoms with Crippen molar-refractivity contribution in [2.24, 2.45) is 0 Å². The lowest BCUT2D eigenvalue weighted by Gasteiger charge is -2.36. The number of allylic oxidation sites excluding steroid dienone is 1. The first-order valence-corrected chi connectivity index (χ1v) is 8.83. The van der Waals surface area contributed by atoms with Crippen molar-refractivity contribution in [3.63, 3.8) is 0 Å². The minimum Gasteiger partial charge on any atom is -0.481 e. The third-order valence-electron chi connectivity index (χ3n) is 4.90. The van der Waals surface area contributed by atoms with Crippen LogP contribution in [0.1, 0.15) is 38.0 Å². The van der Waals surface area contributed by atoms with Crippen LogP contribution < -0.4 is 14.8 Å². The van der Waals surface area contributed by atoms with E-state index in [2.05, 4.69) is 38.7 Å². The van der Waals surface area contributed by atoms with Gasteiger partial charge in [-0.2, -0.15) is 8.78 Å². The van der Waals surface area contributed by atoms with Crippen molar-refractivity contribution < 1.29 is 18.3 Å². The highest BCUT2D eigenvalue weighted by Gasteiger charge is 2.34. The molecule has 2 heterocycles. The average Bonchev–Trinajstić information content (AvgIpc) is 2.58. The molecule has 0 saturated carbocycles. The Balaban J connectivity index is 2.00. The first-order chi connectivity index (χ1) is 12.8. The van der Waals surface area contributed by atoms with Gasteiger partial charge in [0.05, 0.1) is 11.1 Å². The summed E-state index contributed by atoms with van der Waals surface area (Å²) in [4.78, 5) is 0. The Morgan fingerprint density at radius 2 is 2.00 bits per heavy atom. The van der Waals surface area contributed by atoms with Gasteiger partial charge in [0.15, 0.2) is 0 Å². The second-order valence-electron chi connectivity index (χ2n) is 7.41. The fraction of sp³-hybridized carbons (Fsp3) is 0.273. The number of hydrogen-bond acceptors (Lipinski definition) is 3. The molecule has 140 valence electrons. The molecule has 0 aliphatic carbocycles. The second kappa shape index (κ2) is 6.12. The molecule has 0 saturated heterocycles. The molecule has 0 spiro atoms. The predicted octanol–water partition coefficient (Wildman–Crippen LogP) is 6.18. The van der Waals surface area contributed by atoms with E-state index >= 15 is 0 Å². The lowest BCUT2D eigenvalue weighted by atomic mass is 9.82. The van der Waals surface area contributed by atoms with Crippen LogP contribution in [0.4, 0.5) is 14.5 Å². The number of fused-ring (bicyclic) bond motifs is 5. The summed E-state index contributed by atoms with van der Waals surface area (Å²) in [6.07, 6.45) is 3.51. The van der Waals surface area contributed by atoms with E-state index in [1.807, 2.05) is 12.1 Å². The molecule has 2 aliphatic heterocycles. The quantitative estimate of drug-likeness (QED) is 0.655. The molecule has 2 aromatic rings. The van der Waals surface area contributed by atoms with Crippen LogP contribution in [0.5, 0.6) is 11.5 Å². The van der Waals surface area contributed by atoms with Crippen LogP contribution in [0.2, 0.25) is 0 Å². The highest BCUT2D eigenvalue weighted by Crippen LogP contribution is 2.52. The van der Waals surface area contributed by atoms with Crippen molar-refractivity contribution in [2.75, 3.05) is 5.32 Å². The van der Waals surface area contributed by atoms with Crippen molar-refractivity contribution in [1.82, 2.24) is 0 Å². The van der Waals surface area contributed by atoms with Crippen LogP contribution in [-0.4, -0.2) is 12.2 Å². The molecular formula is C22H21F2NO2. The molecule has 2 aliphatic rings. The second-order valence-corrected chi connectivity index (χ2v) is 7.41. The normalized spacial score (nSPS) is 19.0. The summed E-state index contributed by atoms with van der Waals surface area (Å²) in [7, 11) is 0. The van der Waals surface area contributed by atoms with Crippen molar-refractivity contribution in [1.29, 1.82) is 0 Å². The Morgan fingerprint density at radius 3 is 2.70 bits per heavy atom. The van der Waals surface area contributed by atoms with E-state index in [1.165, 1.54) is 6.07 Å². The molecule has 2 aromatic carbocycles. The highest BCUT2D eigenvalue weighted by atomic mass is 19.3. The Bertz CT molecular complexity index is 963. The maximum absolute atomic E-state index is 12.9. The molecule has 1 unspecified atom stereocenters. The summed E-state index contributed by atoms with van der Waals surface area (Å²) in [5, 5.41) is 3.51. The molecule has 3 nitrogen and oxygen atoms in total. The molecule has 5 heteroatoms. The SMILES string of the molecule is C=CC1Oc2cccc(OC(F)F)c2-c2ccc3c(c21)C(C)=CC(C)(C)N3. The largest absolute Gasteiger partial charge is 0.481 e. The maximum atomic E-state index is 12.9. The van der Waals surface area contributed by atoms with Crippen LogP contribution in [0.25, 0.3) is 16.7 Å². The summed E-state index contributed by atoms with van der Waals surface area (Å²) in [6, 6.07) is 8.87. The van der Waals surface area contributed by atoms with E-state index in [0.29, 0.717) is 11.3 Å². The van der Waals surface area contributed by atoms with Gasteiger partial charge < -0.3 is 14.8 Å². The zero-order valence-electron chi connectivity index (χ0n) is 15.5. The van der Waals surface area contributed by atoms with E-state index < -0.39 is 6.61 Å². The third kappa shape index (κ3) is 2.87.